The van der Waals surface area contributed by atoms with Crippen LogP contribution in [-0.2, 0) is 12.8 Å². The zero-order valence-electron chi connectivity index (χ0n) is 12.1. The van der Waals surface area contributed by atoms with Crippen molar-refractivity contribution >= 4 is 46.0 Å². The van der Waals surface area contributed by atoms with Crippen molar-refractivity contribution in [2.45, 2.75) is 18.9 Å². The SMILES string of the molecule is CN1CCc2cc(OI)cc3c2[C@H]1Cc1cccc(OI)c1-3. The second-order valence-electron chi connectivity index (χ2n) is 5.94. The van der Waals surface area contributed by atoms with Gasteiger partial charge in [0, 0.05) is 18.2 Å². The first-order chi connectivity index (χ1) is 10.7. The number of rotatable bonds is 2. The summed E-state index contributed by atoms with van der Waals surface area (Å²) in [5, 5.41) is 0. The minimum absolute atomic E-state index is 0.457. The molecule has 3 nitrogen and oxygen atoms in total. The van der Waals surface area contributed by atoms with Gasteiger partial charge in [0.05, 0.1) is 0 Å². The molecule has 1 aliphatic heterocycles. The van der Waals surface area contributed by atoms with Crippen molar-refractivity contribution in [2.24, 2.45) is 0 Å². The van der Waals surface area contributed by atoms with Crippen molar-refractivity contribution in [1.82, 2.24) is 4.90 Å². The van der Waals surface area contributed by atoms with Gasteiger partial charge in [0.2, 0.25) is 0 Å². The maximum atomic E-state index is 5.61. The summed E-state index contributed by atoms with van der Waals surface area (Å²) < 4.78 is 11.1. The van der Waals surface area contributed by atoms with Crippen molar-refractivity contribution in [2.75, 3.05) is 13.6 Å². The summed E-state index contributed by atoms with van der Waals surface area (Å²) in [4.78, 5) is 2.47. The van der Waals surface area contributed by atoms with Crippen LogP contribution in [0.15, 0.2) is 30.3 Å². The molecule has 5 heteroatoms. The zero-order chi connectivity index (χ0) is 15.3. The van der Waals surface area contributed by atoms with Crippen molar-refractivity contribution in [1.29, 1.82) is 0 Å². The van der Waals surface area contributed by atoms with E-state index in [0.29, 0.717) is 6.04 Å². The fraction of sp³-hybridized carbons (Fsp3) is 0.294. The molecule has 0 saturated carbocycles. The largest absolute Gasteiger partial charge is 0.428 e. The number of halogens is 2. The molecular weight excluding hydrogens is 504 g/mol. The summed E-state index contributed by atoms with van der Waals surface area (Å²) in [5.41, 5.74) is 6.74. The van der Waals surface area contributed by atoms with Gasteiger partial charge in [-0.05, 0) is 60.3 Å². The van der Waals surface area contributed by atoms with Crippen molar-refractivity contribution < 1.29 is 6.13 Å². The number of benzene rings is 2. The lowest BCUT2D eigenvalue weighted by molar-refractivity contribution is 0.228. The molecule has 0 amide bonds. The predicted molar refractivity (Wildman–Crippen MR) is 104 cm³/mol. The Balaban J connectivity index is 2.04. The van der Waals surface area contributed by atoms with Crippen LogP contribution in [0, 0.1) is 0 Å². The number of hydrogen-bond donors (Lipinski definition) is 0. The van der Waals surface area contributed by atoms with Crippen molar-refractivity contribution in [3.05, 3.63) is 47.0 Å². The Labute approximate surface area is 158 Å². The summed E-state index contributed by atoms with van der Waals surface area (Å²) >= 11 is 3.94. The molecule has 0 spiro atoms. The highest BCUT2D eigenvalue weighted by molar-refractivity contribution is 14.1. The van der Waals surface area contributed by atoms with Gasteiger partial charge < -0.3 is 6.13 Å². The van der Waals surface area contributed by atoms with Gasteiger partial charge in [0.15, 0.2) is 46.0 Å². The summed E-state index contributed by atoms with van der Waals surface area (Å²) in [5.74, 6) is 1.87. The van der Waals surface area contributed by atoms with Crippen molar-refractivity contribution in [3.8, 4) is 22.6 Å². The third-order valence-electron chi connectivity index (χ3n) is 4.81. The first kappa shape index (κ1) is 15.0. The maximum Gasteiger partial charge on any atom is 0.192 e. The summed E-state index contributed by atoms with van der Waals surface area (Å²) in [6.07, 6.45) is 2.12. The molecule has 0 radical (unpaired) electrons. The molecule has 2 aliphatic rings. The van der Waals surface area contributed by atoms with Crippen LogP contribution in [0.3, 0.4) is 0 Å². The average Bonchev–Trinajstić information content (AvgIpc) is 2.56. The number of nitrogens with zero attached hydrogens (tertiary/aromatic N) is 1. The van der Waals surface area contributed by atoms with E-state index < -0.39 is 0 Å². The molecule has 0 saturated heterocycles. The predicted octanol–water partition coefficient (Wildman–Crippen LogP) is 4.90. The monoisotopic (exact) mass is 519 g/mol. The molecule has 1 heterocycles. The Hall–Kier alpha value is -0.540. The van der Waals surface area contributed by atoms with Crippen LogP contribution in [0.25, 0.3) is 11.1 Å². The molecule has 2 aromatic rings. The standard InChI is InChI=1S/C17H15I2NO2/c1-20-6-5-11-7-12(21-18)9-13-16(11)14(20)8-10-3-2-4-15(22-19)17(10)13/h2-4,7,9,14H,5-6,8H2,1H3/t14-/m1/s1. The topological polar surface area (TPSA) is 21.7 Å². The number of likely N-dealkylation sites (N-methyl/N-ethyl adjacent to an activating group) is 1. The van der Waals surface area contributed by atoms with Crippen LogP contribution in [0.4, 0.5) is 0 Å². The van der Waals surface area contributed by atoms with E-state index in [1.165, 1.54) is 27.8 Å². The van der Waals surface area contributed by atoms with Crippen LogP contribution in [0.2, 0.25) is 0 Å². The first-order valence-corrected chi connectivity index (χ1v) is 9.05. The average molecular weight is 519 g/mol. The van der Waals surface area contributed by atoms with Gasteiger partial charge in [-0.1, -0.05) is 12.1 Å². The Kier molecular flexibility index (Phi) is 3.98. The second kappa shape index (κ2) is 5.83. The molecule has 4 rings (SSSR count). The highest BCUT2D eigenvalue weighted by Crippen LogP contribution is 2.49. The third kappa shape index (κ3) is 2.24. The number of hydrogen-bond acceptors (Lipinski definition) is 3. The highest BCUT2D eigenvalue weighted by Gasteiger charge is 2.34. The normalized spacial score (nSPS) is 19.3. The molecular formula is C17H15I2NO2. The van der Waals surface area contributed by atoms with Gasteiger partial charge in [-0.2, -0.15) is 0 Å². The summed E-state index contributed by atoms with van der Waals surface area (Å²) in [6, 6.07) is 11.2. The molecule has 0 aromatic heterocycles. The molecule has 1 aliphatic carbocycles. The summed E-state index contributed by atoms with van der Waals surface area (Å²) in [7, 11) is 2.23. The van der Waals surface area contributed by atoms with Crippen LogP contribution in [-0.4, -0.2) is 18.5 Å². The van der Waals surface area contributed by atoms with Gasteiger partial charge in [0.1, 0.15) is 11.5 Å². The van der Waals surface area contributed by atoms with E-state index in [-0.39, 0.29) is 0 Å². The zero-order valence-corrected chi connectivity index (χ0v) is 16.4. The van der Waals surface area contributed by atoms with Crippen LogP contribution in [0.5, 0.6) is 11.5 Å². The van der Waals surface area contributed by atoms with Gasteiger partial charge in [-0.15, -0.1) is 0 Å². The Morgan fingerprint density at radius 2 is 2.00 bits per heavy atom. The molecule has 2 aromatic carbocycles. The van der Waals surface area contributed by atoms with Crippen molar-refractivity contribution in [3.63, 3.8) is 0 Å². The minimum atomic E-state index is 0.457. The summed E-state index contributed by atoms with van der Waals surface area (Å²) in [6.45, 7) is 1.10. The lowest BCUT2D eigenvalue weighted by Crippen LogP contribution is -2.35. The molecule has 0 N–H and O–H groups in total. The van der Waals surface area contributed by atoms with Crippen LogP contribution >= 0.6 is 46.0 Å². The Morgan fingerprint density at radius 3 is 2.77 bits per heavy atom. The van der Waals surface area contributed by atoms with Crippen LogP contribution < -0.4 is 6.13 Å². The van der Waals surface area contributed by atoms with Gasteiger partial charge in [0.25, 0.3) is 0 Å². The van der Waals surface area contributed by atoms with E-state index >= 15 is 0 Å². The molecule has 0 unspecified atom stereocenters. The number of fused-ring (bicyclic) bond motifs is 2. The van der Waals surface area contributed by atoms with E-state index in [1.54, 1.807) is 0 Å². The molecule has 22 heavy (non-hydrogen) atoms. The Bertz CT molecular complexity index is 748. The fourth-order valence-electron chi connectivity index (χ4n) is 3.79. The fourth-order valence-corrected chi connectivity index (χ4v) is 4.41. The van der Waals surface area contributed by atoms with E-state index in [0.717, 1.165) is 30.9 Å². The quantitative estimate of drug-likeness (QED) is 0.528. The van der Waals surface area contributed by atoms with Gasteiger partial charge in [-0.3, -0.25) is 4.90 Å². The molecule has 0 bridgehead atoms. The highest BCUT2D eigenvalue weighted by atomic mass is 127. The minimum Gasteiger partial charge on any atom is -0.428 e. The van der Waals surface area contributed by atoms with Gasteiger partial charge in [-0.25, -0.2) is 0 Å². The van der Waals surface area contributed by atoms with E-state index in [2.05, 4.69) is 36.2 Å². The second-order valence-corrected chi connectivity index (χ2v) is 6.82. The molecule has 1 atom stereocenters. The van der Waals surface area contributed by atoms with E-state index in [1.807, 2.05) is 52.1 Å². The lowest BCUT2D eigenvalue weighted by Gasteiger charge is -2.40. The third-order valence-corrected chi connectivity index (χ3v) is 5.79. The molecule has 0 fully saturated rings. The van der Waals surface area contributed by atoms with E-state index in [4.69, 9.17) is 6.13 Å². The maximum absolute atomic E-state index is 5.61. The lowest BCUT2D eigenvalue weighted by atomic mass is 9.77. The Morgan fingerprint density at radius 1 is 1.14 bits per heavy atom. The first-order valence-electron chi connectivity index (χ1n) is 7.29. The smallest absolute Gasteiger partial charge is 0.192 e. The van der Waals surface area contributed by atoms with Gasteiger partial charge >= 0.3 is 0 Å². The molecule has 114 valence electrons. The van der Waals surface area contributed by atoms with E-state index in [9.17, 15) is 0 Å². The van der Waals surface area contributed by atoms with Crippen LogP contribution in [0.1, 0.15) is 22.7 Å².